The summed E-state index contributed by atoms with van der Waals surface area (Å²) in [6, 6.07) is 8.12. The average molecular weight is 135 g/mol. The third-order valence-electron chi connectivity index (χ3n) is 1.37. The van der Waals surface area contributed by atoms with Crippen LogP contribution >= 0.6 is 0 Å². The third kappa shape index (κ3) is 1.76. The van der Waals surface area contributed by atoms with Crippen LogP contribution in [0.2, 0.25) is 0 Å². The lowest BCUT2D eigenvalue weighted by Gasteiger charge is -1.96. The number of phenolic OH excluding ortho intramolecular Hbond substituents is 1. The second-order valence-electron chi connectivity index (χ2n) is 2.35. The Kier molecular flexibility index (Phi) is 2.32. The minimum atomic E-state index is 0.311. The van der Waals surface area contributed by atoms with Crippen molar-refractivity contribution in [1.82, 2.24) is 0 Å². The largest absolute Gasteiger partial charge is 0.508 e. The van der Waals surface area contributed by atoms with E-state index in [0.717, 1.165) is 18.4 Å². The van der Waals surface area contributed by atoms with Crippen LogP contribution in [0.1, 0.15) is 18.9 Å². The predicted molar refractivity (Wildman–Crippen MR) is 40.9 cm³/mol. The van der Waals surface area contributed by atoms with Crippen molar-refractivity contribution in [3.8, 4) is 5.75 Å². The zero-order chi connectivity index (χ0) is 7.40. The fourth-order valence-electron chi connectivity index (χ4n) is 0.940. The first-order valence-electron chi connectivity index (χ1n) is 3.52. The normalized spacial score (nSPS) is 9.70. The first kappa shape index (κ1) is 7.13. The first-order valence-corrected chi connectivity index (χ1v) is 3.52. The topological polar surface area (TPSA) is 20.2 Å². The average Bonchev–Trinajstić information content (AvgIpc) is 1.88. The summed E-state index contributed by atoms with van der Waals surface area (Å²) in [5, 5.41) is 9.01. The SMILES string of the molecule is CCCc1c[c]cc(O)c1. The van der Waals surface area contributed by atoms with Crippen molar-refractivity contribution >= 4 is 0 Å². The van der Waals surface area contributed by atoms with Gasteiger partial charge in [0.1, 0.15) is 5.75 Å². The van der Waals surface area contributed by atoms with Crippen LogP contribution in [-0.2, 0) is 6.42 Å². The highest BCUT2D eigenvalue weighted by atomic mass is 16.3. The number of hydrogen-bond donors (Lipinski definition) is 1. The van der Waals surface area contributed by atoms with E-state index in [0.29, 0.717) is 5.75 Å². The minimum absolute atomic E-state index is 0.311. The van der Waals surface area contributed by atoms with Crippen LogP contribution in [0.4, 0.5) is 0 Å². The Morgan fingerprint density at radius 1 is 1.50 bits per heavy atom. The van der Waals surface area contributed by atoms with Crippen molar-refractivity contribution in [3.05, 3.63) is 29.8 Å². The molecule has 0 fully saturated rings. The summed E-state index contributed by atoms with van der Waals surface area (Å²) in [5.41, 5.74) is 1.16. The smallest absolute Gasteiger partial charge is 0.116 e. The molecule has 0 aliphatic heterocycles. The molecule has 0 atom stereocenters. The van der Waals surface area contributed by atoms with Crippen LogP contribution in [0, 0.1) is 6.07 Å². The number of rotatable bonds is 2. The standard InChI is InChI=1S/C9H11O/c1-2-4-8-5-3-6-9(10)7-8/h5-7,10H,2,4H2,1H3. The molecule has 0 aliphatic carbocycles. The predicted octanol–water partition coefficient (Wildman–Crippen LogP) is 2.14. The maximum absolute atomic E-state index is 9.01. The third-order valence-corrected chi connectivity index (χ3v) is 1.37. The fourth-order valence-corrected chi connectivity index (χ4v) is 0.940. The number of benzene rings is 1. The Bertz CT molecular complexity index is 206. The van der Waals surface area contributed by atoms with Gasteiger partial charge in [-0.05, 0) is 30.2 Å². The molecule has 53 valence electrons. The van der Waals surface area contributed by atoms with Gasteiger partial charge in [0.15, 0.2) is 0 Å². The number of hydrogen-bond acceptors (Lipinski definition) is 1. The Balaban J connectivity index is 2.75. The second kappa shape index (κ2) is 3.25. The lowest BCUT2D eigenvalue weighted by molar-refractivity contribution is 0.474. The molecule has 0 aliphatic rings. The van der Waals surface area contributed by atoms with Gasteiger partial charge < -0.3 is 5.11 Å². The molecule has 1 nitrogen and oxygen atoms in total. The Morgan fingerprint density at radius 3 is 2.90 bits per heavy atom. The monoisotopic (exact) mass is 135 g/mol. The van der Waals surface area contributed by atoms with Crippen molar-refractivity contribution in [1.29, 1.82) is 0 Å². The fraction of sp³-hybridized carbons (Fsp3) is 0.333. The lowest BCUT2D eigenvalue weighted by atomic mass is 10.1. The molecule has 1 radical (unpaired) electrons. The highest BCUT2D eigenvalue weighted by Crippen LogP contribution is 2.11. The molecule has 1 heteroatoms. The quantitative estimate of drug-likeness (QED) is 0.658. The highest BCUT2D eigenvalue weighted by molar-refractivity contribution is 5.26. The summed E-state index contributed by atoms with van der Waals surface area (Å²) in [4.78, 5) is 0. The van der Waals surface area contributed by atoms with Gasteiger partial charge in [0.05, 0.1) is 0 Å². The minimum Gasteiger partial charge on any atom is -0.508 e. The number of aryl methyl sites for hydroxylation is 1. The molecule has 0 saturated carbocycles. The van der Waals surface area contributed by atoms with Crippen LogP contribution in [-0.4, -0.2) is 5.11 Å². The Hall–Kier alpha value is -0.980. The number of aromatic hydroxyl groups is 1. The molecule has 0 spiro atoms. The molecule has 1 aromatic carbocycles. The van der Waals surface area contributed by atoms with Crippen molar-refractivity contribution in [2.45, 2.75) is 19.8 Å². The van der Waals surface area contributed by atoms with E-state index in [9.17, 15) is 0 Å². The van der Waals surface area contributed by atoms with E-state index in [4.69, 9.17) is 5.11 Å². The molecule has 1 rings (SSSR count). The molecular formula is C9H11O. The molecule has 0 amide bonds. The van der Waals surface area contributed by atoms with E-state index in [1.807, 2.05) is 6.07 Å². The Morgan fingerprint density at radius 2 is 2.30 bits per heavy atom. The molecule has 0 aromatic heterocycles. The first-order chi connectivity index (χ1) is 4.83. The van der Waals surface area contributed by atoms with E-state index >= 15 is 0 Å². The zero-order valence-corrected chi connectivity index (χ0v) is 6.09. The van der Waals surface area contributed by atoms with Gasteiger partial charge in [-0.25, -0.2) is 0 Å². The van der Waals surface area contributed by atoms with Crippen molar-refractivity contribution in [2.24, 2.45) is 0 Å². The summed E-state index contributed by atoms with van der Waals surface area (Å²) in [6.07, 6.45) is 2.13. The molecular weight excluding hydrogens is 124 g/mol. The van der Waals surface area contributed by atoms with Gasteiger partial charge in [0.2, 0.25) is 0 Å². The van der Waals surface area contributed by atoms with Gasteiger partial charge in [-0.3, -0.25) is 0 Å². The van der Waals surface area contributed by atoms with E-state index in [1.165, 1.54) is 0 Å². The summed E-state index contributed by atoms with van der Waals surface area (Å²) in [7, 11) is 0. The van der Waals surface area contributed by atoms with E-state index in [2.05, 4.69) is 13.0 Å². The Labute approximate surface area is 61.3 Å². The van der Waals surface area contributed by atoms with Crippen molar-refractivity contribution in [2.75, 3.05) is 0 Å². The van der Waals surface area contributed by atoms with E-state index in [-0.39, 0.29) is 0 Å². The maximum Gasteiger partial charge on any atom is 0.116 e. The zero-order valence-electron chi connectivity index (χ0n) is 6.09. The second-order valence-corrected chi connectivity index (χ2v) is 2.35. The van der Waals surface area contributed by atoms with Crippen LogP contribution in [0.5, 0.6) is 5.75 Å². The van der Waals surface area contributed by atoms with Gasteiger partial charge in [-0.15, -0.1) is 0 Å². The molecule has 1 aromatic rings. The molecule has 10 heavy (non-hydrogen) atoms. The van der Waals surface area contributed by atoms with Crippen LogP contribution in [0.3, 0.4) is 0 Å². The van der Waals surface area contributed by atoms with Gasteiger partial charge >= 0.3 is 0 Å². The molecule has 0 heterocycles. The van der Waals surface area contributed by atoms with Gasteiger partial charge in [-0.1, -0.05) is 19.4 Å². The van der Waals surface area contributed by atoms with Crippen molar-refractivity contribution in [3.63, 3.8) is 0 Å². The summed E-state index contributed by atoms with van der Waals surface area (Å²) < 4.78 is 0. The highest BCUT2D eigenvalue weighted by Gasteiger charge is 1.90. The van der Waals surface area contributed by atoms with Gasteiger partial charge in [0.25, 0.3) is 0 Å². The van der Waals surface area contributed by atoms with E-state index < -0.39 is 0 Å². The van der Waals surface area contributed by atoms with Crippen LogP contribution in [0.25, 0.3) is 0 Å². The maximum atomic E-state index is 9.01. The van der Waals surface area contributed by atoms with Crippen LogP contribution < -0.4 is 0 Å². The summed E-state index contributed by atoms with van der Waals surface area (Å²) >= 11 is 0. The summed E-state index contributed by atoms with van der Waals surface area (Å²) in [5.74, 6) is 0.311. The van der Waals surface area contributed by atoms with Gasteiger partial charge in [0, 0.05) is 0 Å². The molecule has 0 bridgehead atoms. The molecule has 0 saturated heterocycles. The lowest BCUT2D eigenvalue weighted by Crippen LogP contribution is -1.80. The van der Waals surface area contributed by atoms with Crippen LogP contribution in [0.15, 0.2) is 18.2 Å². The summed E-state index contributed by atoms with van der Waals surface area (Å²) in [6.45, 7) is 2.12. The van der Waals surface area contributed by atoms with E-state index in [1.54, 1.807) is 12.1 Å². The van der Waals surface area contributed by atoms with Crippen molar-refractivity contribution < 1.29 is 5.11 Å². The molecule has 0 unspecified atom stereocenters. The number of phenols is 1. The van der Waals surface area contributed by atoms with Gasteiger partial charge in [-0.2, -0.15) is 0 Å². The molecule has 1 N–H and O–H groups in total.